The number of methoxy groups -OCH3 is 2. The van der Waals surface area contributed by atoms with Crippen LogP contribution >= 0.6 is 0 Å². The third kappa shape index (κ3) is 14.1. The lowest BCUT2D eigenvalue weighted by Crippen LogP contribution is -2.37. The maximum atomic E-state index is 10.7. The SMILES string of the molecule is C=COOCCCOc1ccc2cc(C=O)ccc2c1.CCCOC1CC(OC)CC(OCC)C1.COc1ccc(C=O)cc1C. The van der Waals surface area contributed by atoms with Gasteiger partial charge in [-0.3, -0.25) is 9.59 Å². The number of aryl methyl sites for hydroxylation is 1. The number of hydrogen-bond donors (Lipinski definition) is 0. The molecular weight excluding hydrogens is 588 g/mol. The molecule has 9 heteroatoms. The van der Waals surface area contributed by atoms with Crippen LogP contribution in [-0.2, 0) is 24.0 Å². The van der Waals surface area contributed by atoms with Crippen LogP contribution in [0.5, 0.6) is 11.5 Å². The van der Waals surface area contributed by atoms with E-state index in [0.29, 0.717) is 42.7 Å². The summed E-state index contributed by atoms with van der Waals surface area (Å²) in [5.74, 6) is 1.61. The Labute approximate surface area is 273 Å². The van der Waals surface area contributed by atoms with E-state index in [9.17, 15) is 9.59 Å². The first-order valence-corrected chi connectivity index (χ1v) is 15.8. The highest BCUT2D eigenvalue weighted by Gasteiger charge is 2.29. The van der Waals surface area contributed by atoms with Crippen LogP contribution in [0.4, 0.5) is 0 Å². The molecule has 3 atom stereocenters. The number of aldehydes is 2. The molecule has 1 saturated carbocycles. The van der Waals surface area contributed by atoms with Gasteiger partial charge in [-0.05, 0) is 92.3 Å². The lowest BCUT2D eigenvalue weighted by atomic mass is 9.92. The first-order valence-electron chi connectivity index (χ1n) is 15.8. The van der Waals surface area contributed by atoms with Gasteiger partial charge in [0.25, 0.3) is 0 Å². The summed E-state index contributed by atoms with van der Waals surface area (Å²) < 4.78 is 27.5. The molecule has 3 aromatic rings. The van der Waals surface area contributed by atoms with Crippen molar-refractivity contribution in [2.24, 2.45) is 0 Å². The fourth-order valence-electron chi connectivity index (χ4n) is 4.94. The van der Waals surface area contributed by atoms with Gasteiger partial charge in [-0.15, -0.1) is 0 Å². The fraction of sp³-hybridized carbons (Fsp3) is 0.459. The third-order valence-corrected chi connectivity index (χ3v) is 7.17. The fourth-order valence-corrected chi connectivity index (χ4v) is 4.94. The van der Waals surface area contributed by atoms with Crippen molar-refractivity contribution in [2.75, 3.05) is 40.6 Å². The monoisotopic (exact) mass is 638 g/mol. The van der Waals surface area contributed by atoms with Gasteiger partial charge in [0, 0.05) is 37.9 Å². The van der Waals surface area contributed by atoms with Crippen LogP contribution in [0, 0.1) is 6.92 Å². The van der Waals surface area contributed by atoms with Gasteiger partial charge in [0.1, 0.15) is 30.3 Å². The number of rotatable bonds is 16. The largest absolute Gasteiger partial charge is 0.496 e. The van der Waals surface area contributed by atoms with Gasteiger partial charge in [-0.25, -0.2) is 0 Å². The van der Waals surface area contributed by atoms with Crippen molar-refractivity contribution in [1.82, 2.24) is 0 Å². The molecule has 1 aliphatic carbocycles. The highest BCUT2D eigenvalue weighted by molar-refractivity contribution is 5.89. The molecule has 0 spiro atoms. The summed E-state index contributed by atoms with van der Waals surface area (Å²) in [5, 5.41) is 2.06. The van der Waals surface area contributed by atoms with Crippen LogP contribution in [0.1, 0.15) is 72.2 Å². The minimum absolute atomic E-state index is 0.303. The van der Waals surface area contributed by atoms with Crippen molar-refractivity contribution in [3.8, 4) is 11.5 Å². The maximum absolute atomic E-state index is 10.7. The molecule has 1 aliphatic rings. The number of carbonyl (C=O) groups is 2. The highest BCUT2D eigenvalue weighted by Crippen LogP contribution is 2.26. The molecule has 3 aromatic carbocycles. The molecule has 9 nitrogen and oxygen atoms in total. The van der Waals surface area contributed by atoms with Crippen LogP contribution in [-0.4, -0.2) is 71.5 Å². The van der Waals surface area contributed by atoms with Gasteiger partial charge in [0.15, 0.2) is 0 Å². The first-order chi connectivity index (χ1) is 22.4. The number of hydrogen-bond acceptors (Lipinski definition) is 9. The topological polar surface area (TPSA) is 98.8 Å². The van der Waals surface area contributed by atoms with Crippen LogP contribution in [0.25, 0.3) is 10.8 Å². The van der Waals surface area contributed by atoms with E-state index in [1.165, 1.54) is 6.26 Å². The third-order valence-electron chi connectivity index (χ3n) is 7.17. The Hall–Kier alpha value is -3.76. The van der Waals surface area contributed by atoms with Crippen LogP contribution in [0.15, 0.2) is 67.4 Å². The van der Waals surface area contributed by atoms with Gasteiger partial charge in [-0.2, -0.15) is 4.89 Å². The van der Waals surface area contributed by atoms with Gasteiger partial charge in [0.2, 0.25) is 0 Å². The van der Waals surface area contributed by atoms with Crippen molar-refractivity contribution in [1.29, 1.82) is 0 Å². The smallest absolute Gasteiger partial charge is 0.150 e. The first kappa shape index (κ1) is 38.4. The van der Waals surface area contributed by atoms with Gasteiger partial charge < -0.3 is 28.6 Å². The molecule has 4 rings (SSSR count). The molecule has 0 amide bonds. The molecule has 0 saturated heterocycles. The van der Waals surface area contributed by atoms with Crippen molar-refractivity contribution >= 4 is 23.3 Å². The van der Waals surface area contributed by atoms with Crippen LogP contribution < -0.4 is 9.47 Å². The molecule has 0 N–H and O–H groups in total. The summed E-state index contributed by atoms with van der Waals surface area (Å²) in [7, 11) is 3.39. The lowest BCUT2D eigenvalue weighted by molar-refractivity contribution is -0.249. The molecule has 0 aliphatic heterocycles. The van der Waals surface area contributed by atoms with Crippen molar-refractivity contribution in [2.45, 2.75) is 71.2 Å². The van der Waals surface area contributed by atoms with Crippen LogP contribution in [0.3, 0.4) is 0 Å². The lowest BCUT2D eigenvalue weighted by Gasteiger charge is -2.33. The zero-order valence-corrected chi connectivity index (χ0v) is 27.9. The van der Waals surface area contributed by atoms with E-state index in [1.807, 2.05) is 44.2 Å². The summed E-state index contributed by atoms with van der Waals surface area (Å²) >= 11 is 0. The van der Waals surface area contributed by atoms with E-state index in [0.717, 1.165) is 85.7 Å². The molecule has 0 aromatic heterocycles. The highest BCUT2D eigenvalue weighted by atomic mass is 17.2. The molecule has 3 unspecified atom stereocenters. The minimum Gasteiger partial charge on any atom is -0.496 e. The van der Waals surface area contributed by atoms with Gasteiger partial charge >= 0.3 is 0 Å². The standard InChI is InChI=1S/C16H16O4.C12H24O3.C9H10O2/c1-2-19-20-9-3-8-18-16-7-6-14-10-13(12-17)4-5-15(14)11-16;1-4-6-15-12-8-10(13-3)7-11(9-12)14-5-2;1-7-5-8(6-10)3-4-9(7)11-2/h2,4-7,10-12H,1,3,8-9H2;10-12H,4-9H2,1-3H3;3-6H,1-2H3. The van der Waals surface area contributed by atoms with Gasteiger partial charge in [-0.1, -0.05) is 31.7 Å². The Morgan fingerprint density at radius 1 is 0.783 bits per heavy atom. The van der Waals surface area contributed by atoms with Crippen molar-refractivity contribution < 1.29 is 43.0 Å². The zero-order valence-electron chi connectivity index (χ0n) is 27.9. The van der Waals surface area contributed by atoms with Crippen LogP contribution in [0.2, 0.25) is 0 Å². The molecule has 252 valence electrons. The van der Waals surface area contributed by atoms with E-state index in [4.69, 9.17) is 28.6 Å². The van der Waals surface area contributed by atoms with E-state index in [1.54, 1.807) is 38.5 Å². The Bertz CT molecular complexity index is 1310. The Morgan fingerprint density at radius 2 is 1.43 bits per heavy atom. The molecule has 0 heterocycles. The number of benzene rings is 3. The molecule has 0 radical (unpaired) electrons. The van der Waals surface area contributed by atoms with E-state index in [-0.39, 0.29) is 0 Å². The average molecular weight is 639 g/mol. The number of fused-ring (bicyclic) bond motifs is 1. The predicted molar refractivity (Wildman–Crippen MR) is 180 cm³/mol. The molecule has 46 heavy (non-hydrogen) atoms. The summed E-state index contributed by atoms with van der Waals surface area (Å²) in [6, 6.07) is 16.7. The average Bonchev–Trinajstić information content (AvgIpc) is 3.09. The second-order valence-electron chi connectivity index (χ2n) is 10.7. The zero-order chi connectivity index (χ0) is 33.6. The quantitative estimate of drug-likeness (QED) is 0.0513. The Balaban J connectivity index is 0.000000252. The van der Waals surface area contributed by atoms with Crippen molar-refractivity contribution in [3.05, 3.63) is 84.1 Å². The number of ether oxygens (including phenoxy) is 5. The second kappa shape index (κ2) is 22.7. The summed E-state index contributed by atoms with van der Waals surface area (Å²) in [5.41, 5.74) is 2.34. The number of carbonyl (C=O) groups excluding carboxylic acids is 2. The predicted octanol–water partition coefficient (Wildman–Crippen LogP) is 7.71. The van der Waals surface area contributed by atoms with E-state index < -0.39 is 0 Å². The Kier molecular flexibility index (Phi) is 19.0. The second-order valence-corrected chi connectivity index (χ2v) is 10.7. The van der Waals surface area contributed by atoms with Crippen molar-refractivity contribution in [3.63, 3.8) is 0 Å². The molecular formula is C37H50O9. The van der Waals surface area contributed by atoms with E-state index in [2.05, 4.69) is 18.4 Å². The normalized spacial score (nSPS) is 17.0. The Morgan fingerprint density at radius 3 is 2.07 bits per heavy atom. The summed E-state index contributed by atoms with van der Waals surface area (Å²) in [6.07, 6.45) is 8.68. The molecule has 0 bridgehead atoms. The summed E-state index contributed by atoms with van der Waals surface area (Å²) in [4.78, 5) is 30.4. The minimum atomic E-state index is 0.303. The van der Waals surface area contributed by atoms with E-state index >= 15 is 0 Å². The summed E-state index contributed by atoms with van der Waals surface area (Å²) in [6.45, 7) is 12.1. The van der Waals surface area contributed by atoms with Gasteiger partial charge in [0.05, 0.1) is 38.6 Å². The maximum Gasteiger partial charge on any atom is 0.150 e. The molecule has 1 fully saturated rings.